The van der Waals surface area contributed by atoms with Crippen molar-refractivity contribution in [3.8, 4) is 11.1 Å². The number of aliphatic carboxylic acids is 1. The Kier molecular flexibility index (Phi) is 10.5. The number of nitrogens with two attached hydrogens (primary N) is 2. The summed E-state index contributed by atoms with van der Waals surface area (Å²) in [6.07, 6.45) is 3.31. The van der Waals surface area contributed by atoms with Gasteiger partial charge in [0.1, 0.15) is 11.7 Å². The van der Waals surface area contributed by atoms with Gasteiger partial charge in [-0.25, -0.2) is 18.2 Å². The lowest BCUT2D eigenvalue weighted by atomic mass is 9.84. The molecule has 2 aromatic heterocycles. The van der Waals surface area contributed by atoms with Crippen LogP contribution in [0, 0.1) is 0 Å². The van der Waals surface area contributed by atoms with E-state index in [2.05, 4.69) is 24.4 Å². The van der Waals surface area contributed by atoms with Crippen molar-refractivity contribution < 1.29 is 46.3 Å². The summed E-state index contributed by atoms with van der Waals surface area (Å²) in [6, 6.07) is 6.12. The normalized spacial score (nSPS) is 16.8. The van der Waals surface area contributed by atoms with Gasteiger partial charge in [0.2, 0.25) is 22.7 Å². The Labute approximate surface area is 274 Å². The lowest BCUT2D eigenvalue weighted by Crippen LogP contribution is -2.76. The van der Waals surface area contributed by atoms with Crippen LogP contribution in [0.5, 0.6) is 0 Å². The first-order valence-electron chi connectivity index (χ1n) is 14.1. The van der Waals surface area contributed by atoms with E-state index in [0.717, 1.165) is 35.4 Å². The van der Waals surface area contributed by atoms with Crippen LogP contribution in [0.1, 0.15) is 26.0 Å². The second-order valence-electron chi connectivity index (χ2n) is 11.1. The number of carboxylic acids is 1. The third-order valence-corrected chi connectivity index (χ3v) is 8.34. The standard InChI is InChI=1S/C27H35N9O9S2/c1-27(2)22(24(38)36(27)45-47(41,42)43)31-23(37)21(19-15-46-26(29)30-19)32-44-20(25(39)40)14-33(3)18-8-6-16(7-9-18)17-12-34(4)35(13-17)11-5-10-28/h6-9,12-13,15,20,22H,5,10-11,14,28H2,1-4H3,(H4-,29,30,31,37,39,40,41,42,43)/b32-21-/t20?,22-/m1/s1. The molecule has 2 amide bonds. The summed E-state index contributed by atoms with van der Waals surface area (Å²) in [7, 11) is -1.66. The van der Waals surface area contributed by atoms with Crippen LogP contribution in [0.15, 0.2) is 47.2 Å². The van der Waals surface area contributed by atoms with Crippen LogP contribution in [0.2, 0.25) is 0 Å². The Morgan fingerprint density at radius 1 is 1.30 bits per heavy atom. The monoisotopic (exact) mass is 693 g/mol. The predicted octanol–water partition coefficient (Wildman–Crippen LogP) is -0.825. The summed E-state index contributed by atoms with van der Waals surface area (Å²) in [5.74, 6) is -3.40. The Morgan fingerprint density at radius 3 is 2.53 bits per heavy atom. The Bertz CT molecular complexity index is 1770. The Morgan fingerprint density at radius 2 is 1.98 bits per heavy atom. The molecule has 1 unspecified atom stereocenters. The fourth-order valence-electron chi connectivity index (χ4n) is 4.74. The maximum Gasteiger partial charge on any atom is 0.349 e. The zero-order chi connectivity index (χ0) is 34.7. The highest BCUT2D eigenvalue weighted by Gasteiger charge is 2.57. The molecule has 47 heavy (non-hydrogen) atoms. The number of rotatable bonds is 15. The van der Waals surface area contributed by atoms with Crippen molar-refractivity contribution >= 4 is 56.1 Å². The van der Waals surface area contributed by atoms with Crippen LogP contribution in [0.25, 0.3) is 11.1 Å². The van der Waals surface area contributed by atoms with E-state index in [4.69, 9.17) is 16.3 Å². The molecule has 18 nitrogen and oxygen atoms in total. The molecule has 6 N–H and O–H groups in total. The van der Waals surface area contributed by atoms with E-state index in [-0.39, 0.29) is 17.4 Å². The van der Waals surface area contributed by atoms with Crippen molar-refractivity contribution in [3.63, 3.8) is 0 Å². The summed E-state index contributed by atoms with van der Waals surface area (Å²) >= 11 is 0.971. The van der Waals surface area contributed by atoms with Crippen LogP contribution < -0.4 is 26.4 Å². The number of nitrogens with one attached hydrogen (secondary N) is 1. The number of hydrogen-bond acceptors (Lipinski definition) is 14. The highest BCUT2D eigenvalue weighted by Crippen LogP contribution is 2.33. The fourth-order valence-corrected chi connectivity index (χ4v) is 5.73. The van der Waals surface area contributed by atoms with Gasteiger partial charge in [0, 0.05) is 18.1 Å². The van der Waals surface area contributed by atoms with Crippen molar-refractivity contribution in [1.29, 1.82) is 0 Å². The number of β-lactam (4-membered cyclic amide) rings is 1. The number of likely N-dealkylation sites (N-methyl/N-ethyl adjacent to an activating group) is 1. The maximum absolute atomic E-state index is 13.3. The summed E-state index contributed by atoms with van der Waals surface area (Å²) in [6.45, 7) is 3.89. The minimum atomic E-state index is -5.26. The Hall–Kier alpha value is -4.63. The van der Waals surface area contributed by atoms with Gasteiger partial charge in [-0.3, -0.25) is 9.59 Å². The number of benzene rings is 1. The fraction of sp³-hybridized carbons (Fsp3) is 0.407. The van der Waals surface area contributed by atoms with Gasteiger partial charge in [0.05, 0.1) is 30.4 Å². The smallest absolute Gasteiger partial charge is 0.349 e. The van der Waals surface area contributed by atoms with Crippen LogP contribution >= 0.6 is 11.3 Å². The average molecular weight is 694 g/mol. The number of hydroxylamine groups is 2. The minimum absolute atomic E-state index is 0.0665. The number of nitrogens with zero attached hydrogens (tertiary/aromatic N) is 6. The van der Waals surface area contributed by atoms with Crippen LogP contribution in [0.4, 0.5) is 10.8 Å². The van der Waals surface area contributed by atoms with Crippen LogP contribution in [-0.4, -0.2) is 94.1 Å². The first-order valence-corrected chi connectivity index (χ1v) is 16.3. The topological polar surface area (TPSA) is 252 Å². The van der Waals surface area contributed by atoms with Gasteiger partial charge in [0.25, 0.3) is 11.8 Å². The molecule has 1 aliphatic heterocycles. The third kappa shape index (κ3) is 8.21. The van der Waals surface area contributed by atoms with Gasteiger partial charge >= 0.3 is 5.97 Å². The summed E-state index contributed by atoms with van der Waals surface area (Å²) in [4.78, 5) is 48.9. The zero-order valence-electron chi connectivity index (χ0n) is 25.9. The molecule has 3 aromatic rings. The molecule has 3 heterocycles. The first-order chi connectivity index (χ1) is 22.0. The number of carbonyl (C=O) groups excluding carboxylic acids is 2. The zero-order valence-corrected chi connectivity index (χ0v) is 27.5. The van der Waals surface area contributed by atoms with Crippen molar-refractivity contribution in [2.24, 2.45) is 17.9 Å². The molecule has 0 aliphatic carbocycles. The largest absolute Gasteiger partial charge is 0.724 e. The van der Waals surface area contributed by atoms with E-state index in [0.29, 0.717) is 17.3 Å². The van der Waals surface area contributed by atoms with E-state index in [9.17, 15) is 32.5 Å². The van der Waals surface area contributed by atoms with Gasteiger partial charge in [0.15, 0.2) is 17.9 Å². The van der Waals surface area contributed by atoms with Crippen molar-refractivity contribution in [2.45, 2.75) is 44.5 Å². The number of aryl methyl sites for hydroxylation is 2. The second kappa shape index (κ2) is 14.0. The van der Waals surface area contributed by atoms with Crippen molar-refractivity contribution in [3.05, 3.63) is 47.7 Å². The molecule has 2 atom stereocenters. The van der Waals surface area contributed by atoms with Crippen molar-refractivity contribution in [2.75, 3.05) is 30.8 Å². The van der Waals surface area contributed by atoms with Gasteiger partial charge in [-0.2, -0.15) is 14.0 Å². The third-order valence-electron chi connectivity index (χ3n) is 7.34. The number of aromatic nitrogens is 3. The molecule has 1 aromatic carbocycles. The van der Waals surface area contributed by atoms with Crippen molar-refractivity contribution in [1.82, 2.24) is 20.0 Å². The van der Waals surface area contributed by atoms with Gasteiger partial charge in [-0.15, -0.1) is 16.0 Å². The number of carbonyl (C=O) groups is 3. The molecule has 20 heteroatoms. The van der Waals surface area contributed by atoms with Crippen LogP contribution in [0.3, 0.4) is 0 Å². The van der Waals surface area contributed by atoms with Gasteiger partial charge < -0.3 is 36.2 Å². The molecular weight excluding hydrogens is 658 g/mol. The van der Waals surface area contributed by atoms with E-state index in [1.807, 2.05) is 48.4 Å². The molecule has 254 valence electrons. The van der Waals surface area contributed by atoms with Gasteiger partial charge in [-0.05, 0) is 44.5 Å². The number of anilines is 2. The number of hydrogen-bond donors (Lipinski definition) is 4. The molecule has 4 rings (SSSR count). The van der Waals surface area contributed by atoms with Crippen LogP contribution in [-0.2, 0) is 47.5 Å². The highest BCUT2D eigenvalue weighted by atomic mass is 32.3. The average Bonchev–Trinajstić information content (AvgIpc) is 3.61. The number of nitrogen functional groups attached to an aromatic ring is 1. The molecular formula is C27H35N9O9S2. The van der Waals surface area contributed by atoms with E-state index < -0.39 is 51.6 Å². The molecule has 0 saturated carbocycles. The second-order valence-corrected chi connectivity index (χ2v) is 13.0. The Balaban J connectivity index is 1.48. The van der Waals surface area contributed by atoms with Gasteiger partial charge in [-0.1, -0.05) is 17.3 Å². The maximum atomic E-state index is 13.3. The molecule has 1 aliphatic rings. The van der Waals surface area contributed by atoms with E-state index in [1.165, 1.54) is 19.2 Å². The highest BCUT2D eigenvalue weighted by molar-refractivity contribution is 7.80. The lowest BCUT2D eigenvalue weighted by Gasteiger charge is -2.51. The number of carboxylic acid groups (broad SMARTS) is 1. The first kappa shape index (κ1) is 35.2. The van der Waals surface area contributed by atoms with E-state index in [1.54, 1.807) is 11.9 Å². The molecule has 0 radical (unpaired) electrons. The summed E-state index contributed by atoms with van der Waals surface area (Å²) in [5, 5.41) is 17.8. The van der Waals surface area contributed by atoms with E-state index >= 15 is 0 Å². The number of thiazole rings is 1. The molecule has 0 spiro atoms. The quantitative estimate of drug-likeness (QED) is 0.0379. The minimum Gasteiger partial charge on any atom is -0.724 e. The molecule has 1 fully saturated rings. The number of oxime groups is 1. The lowest BCUT2D eigenvalue weighted by molar-refractivity contribution is -0.753. The molecule has 0 bridgehead atoms. The SMILES string of the molecule is CN(CC(O/N=C(\C(=O)N[C@@H]1C(=O)N(OS(=O)(=O)[O-])C1(C)C)c1csc(N)n1)C(=O)O)c1ccc(-c2cn(CCCN)[n+](C)c2)cc1. The molecule has 1 saturated heterocycles. The number of amides is 2. The predicted molar refractivity (Wildman–Crippen MR) is 167 cm³/mol. The summed E-state index contributed by atoms with van der Waals surface area (Å²) in [5.41, 5.74) is 12.0. The summed E-state index contributed by atoms with van der Waals surface area (Å²) < 4.78 is 41.2.